The van der Waals surface area contributed by atoms with Gasteiger partial charge >= 0.3 is 5.97 Å². The molecule has 0 radical (unpaired) electrons. The molecule has 102 valence electrons. The molecule has 6 heteroatoms. The number of rotatable bonds is 3. The summed E-state index contributed by atoms with van der Waals surface area (Å²) in [5.41, 5.74) is -0.187. The largest absolute Gasteiger partial charge is 0.462 e. The molecule has 0 saturated carbocycles. The molecule has 0 aliphatic carbocycles. The van der Waals surface area contributed by atoms with Crippen molar-refractivity contribution in [1.29, 1.82) is 0 Å². The van der Waals surface area contributed by atoms with Gasteiger partial charge in [0, 0.05) is 4.88 Å². The molecule has 2 aromatic rings. The Morgan fingerprint density at radius 3 is 2.79 bits per heavy atom. The van der Waals surface area contributed by atoms with E-state index in [9.17, 15) is 9.59 Å². The SMILES string of the molecule is Cc1cc2c(=O)n(CC(=O)OC(C)C)c(C)nc2s1. The molecule has 0 aliphatic rings. The van der Waals surface area contributed by atoms with Crippen molar-refractivity contribution in [2.24, 2.45) is 0 Å². The second-order valence-electron chi connectivity index (χ2n) is 4.66. The minimum atomic E-state index is -0.423. The van der Waals surface area contributed by atoms with Crippen molar-refractivity contribution in [3.05, 3.63) is 27.1 Å². The third-order valence-electron chi connectivity index (χ3n) is 2.62. The van der Waals surface area contributed by atoms with Crippen molar-refractivity contribution in [2.75, 3.05) is 0 Å². The molecule has 0 aliphatic heterocycles. The summed E-state index contributed by atoms with van der Waals surface area (Å²) in [6.45, 7) is 7.10. The highest BCUT2D eigenvalue weighted by Crippen LogP contribution is 2.20. The second kappa shape index (κ2) is 5.13. The van der Waals surface area contributed by atoms with E-state index in [2.05, 4.69) is 4.98 Å². The van der Waals surface area contributed by atoms with Crippen LogP contribution < -0.4 is 5.56 Å². The summed E-state index contributed by atoms with van der Waals surface area (Å²) in [5, 5.41) is 0.561. The molecular weight excluding hydrogens is 264 g/mol. The predicted molar refractivity (Wildman–Crippen MR) is 74.6 cm³/mol. The Labute approximate surface area is 114 Å². The molecule has 2 heterocycles. The number of carbonyl (C=O) groups excluding carboxylic acids is 1. The van der Waals surface area contributed by atoms with Crippen molar-refractivity contribution in [1.82, 2.24) is 9.55 Å². The molecule has 0 unspecified atom stereocenters. The van der Waals surface area contributed by atoms with Crippen molar-refractivity contribution in [2.45, 2.75) is 40.3 Å². The van der Waals surface area contributed by atoms with Crippen LogP contribution >= 0.6 is 11.3 Å². The normalized spacial score (nSPS) is 11.2. The van der Waals surface area contributed by atoms with E-state index in [1.807, 2.05) is 6.92 Å². The van der Waals surface area contributed by atoms with Crippen LogP contribution in [-0.2, 0) is 16.1 Å². The van der Waals surface area contributed by atoms with E-state index in [4.69, 9.17) is 4.74 Å². The number of esters is 1. The molecule has 2 rings (SSSR count). The summed E-state index contributed by atoms with van der Waals surface area (Å²) in [6, 6.07) is 1.80. The Morgan fingerprint density at radius 1 is 1.47 bits per heavy atom. The van der Waals surface area contributed by atoms with Gasteiger partial charge in [-0.2, -0.15) is 0 Å². The predicted octanol–water partition coefficient (Wildman–Crippen LogP) is 2.03. The van der Waals surface area contributed by atoms with E-state index in [0.29, 0.717) is 16.0 Å². The zero-order valence-corrected chi connectivity index (χ0v) is 12.2. The summed E-state index contributed by atoms with van der Waals surface area (Å²) in [4.78, 5) is 30.1. The topological polar surface area (TPSA) is 61.2 Å². The van der Waals surface area contributed by atoms with Gasteiger partial charge < -0.3 is 4.74 Å². The third-order valence-corrected chi connectivity index (χ3v) is 3.56. The second-order valence-corrected chi connectivity index (χ2v) is 5.90. The smallest absolute Gasteiger partial charge is 0.326 e. The highest BCUT2D eigenvalue weighted by atomic mass is 32.1. The van der Waals surface area contributed by atoms with Gasteiger partial charge in [-0.25, -0.2) is 4.98 Å². The number of thiophene rings is 1. The first kappa shape index (κ1) is 13.7. The quantitative estimate of drug-likeness (QED) is 0.807. The lowest BCUT2D eigenvalue weighted by Gasteiger charge is -2.11. The van der Waals surface area contributed by atoms with Gasteiger partial charge in [-0.05, 0) is 33.8 Å². The number of aryl methyl sites for hydroxylation is 2. The molecule has 2 aromatic heterocycles. The van der Waals surface area contributed by atoms with E-state index >= 15 is 0 Å². The molecule has 0 saturated heterocycles. The molecule has 5 nitrogen and oxygen atoms in total. The Bertz CT molecular complexity index is 685. The van der Waals surface area contributed by atoms with Crippen LogP contribution in [0.3, 0.4) is 0 Å². The molecule has 0 fully saturated rings. The summed E-state index contributed by atoms with van der Waals surface area (Å²) >= 11 is 1.48. The Balaban J connectivity index is 2.43. The molecule has 0 amide bonds. The monoisotopic (exact) mass is 280 g/mol. The number of hydrogen-bond donors (Lipinski definition) is 0. The van der Waals surface area contributed by atoms with Gasteiger partial charge in [0.05, 0.1) is 11.5 Å². The van der Waals surface area contributed by atoms with Gasteiger partial charge in [0.1, 0.15) is 17.2 Å². The lowest BCUT2D eigenvalue weighted by Crippen LogP contribution is -2.28. The maximum atomic E-state index is 12.3. The number of hydrogen-bond acceptors (Lipinski definition) is 5. The Morgan fingerprint density at radius 2 is 2.16 bits per heavy atom. The van der Waals surface area contributed by atoms with Gasteiger partial charge in [0.15, 0.2) is 0 Å². The standard InChI is InChI=1S/C13H16N2O3S/c1-7(2)18-11(16)6-15-9(4)14-12-10(13(15)17)5-8(3)19-12/h5,7H,6H2,1-4H3. The van der Waals surface area contributed by atoms with Crippen LogP contribution in [0.4, 0.5) is 0 Å². The maximum Gasteiger partial charge on any atom is 0.326 e. The van der Waals surface area contributed by atoms with Crippen molar-refractivity contribution in [3.63, 3.8) is 0 Å². The van der Waals surface area contributed by atoms with E-state index in [1.165, 1.54) is 15.9 Å². The molecule has 0 bridgehead atoms. The van der Waals surface area contributed by atoms with Gasteiger partial charge in [-0.15, -0.1) is 11.3 Å². The highest BCUT2D eigenvalue weighted by molar-refractivity contribution is 7.18. The number of fused-ring (bicyclic) bond motifs is 1. The Hall–Kier alpha value is -1.69. The lowest BCUT2D eigenvalue weighted by atomic mass is 10.3. The van der Waals surface area contributed by atoms with E-state index < -0.39 is 5.97 Å². The highest BCUT2D eigenvalue weighted by Gasteiger charge is 2.14. The van der Waals surface area contributed by atoms with Crippen LogP contribution in [0, 0.1) is 13.8 Å². The van der Waals surface area contributed by atoms with Crippen LogP contribution in [0.1, 0.15) is 24.5 Å². The fraction of sp³-hybridized carbons (Fsp3) is 0.462. The van der Waals surface area contributed by atoms with E-state index in [0.717, 1.165) is 4.88 Å². The van der Waals surface area contributed by atoms with Crippen molar-refractivity contribution < 1.29 is 9.53 Å². The van der Waals surface area contributed by atoms with E-state index in [1.54, 1.807) is 26.8 Å². The first-order valence-electron chi connectivity index (χ1n) is 6.05. The van der Waals surface area contributed by atoms with Crippen molar-refractivity contribution in [3.8, 4) is 0 Å². The molecular formula is C13H16N2O3S. The van der Waals surface area contributed by atoms with Crippen molar-refractivity contribution >= 4 is 27.5 Å². The Kier molecular flexibility index (Phi) is 3.71. The first-order valence-corrected chi connectivity index (χ1v) is 6.87. The number of aromatic nitrogens is 2. The van der Waals surface area contributed by atoms with Gasteiger partial charge in [-0.3, -0.25) is 14.2 Å². The number of carbonyl (C=O) groups is 1. The minimum Gasteiger partial charge on any atom is -0.462 e. The minimum absolute atomic E-state index is 0.0965. The zero-order valence-electron chi connectivity index (χ0n) is 11.4. The molecule has 0 atom stereocenters. The summed E-state index contributed by atoms with van der Waals surface area (Å²) < 4.78 is 6.42. The average molecular weight is 280 g/mol. The molecule has 0 N–H and O–H groups in total. The summed E-state index contributed by atoms with van der Waals surface area (Å²) in [6.07, 6.45) is -0.191. The van der Waals surface area contributed by atoms with E-state index in [-0.39, 0.29) is 18.2 Å². The van der Waals surface area contributed by atoms with Gasteiger partial charge in [0.2, 0.25) is 0 Å². The number of nitrogens with zero attached hydrogens (tertiary/aromatic N) is 2. The average Bonchev–Trinajstić information content (AvgIpc) is 2.64. The van der Waals surface area contributed by atoms with Crippen LogP contribution in [0.5, 0.6) is 0 Å². The molecule has 0 spiro atoms. The van der Waals surface area contributed by atoms with Crippen LogP contribution in [0.2, 0.25) is 0 Å². The van der Waals surface area contributed by atoms with Crippen LogP contribution in [-0.4, -0.2) is 21.6 Å². The number of ether oxygens (including phenoxy) is 1. The van der Waals surface area contributed by atoms with Crippen LogP contribution in [0.25, 0.3) is 10.2 Å². The fourth-order valence-corrected chi connectivity index (χ4v) is 2.77. The lowest BCUT2D eigenvalue weighted by molar-refractivity contribution is -0.148. The first-order chi connectivity index (χ1) is 8.88. The zero-order chi connectivity index (χ0) is 14.2. The van der Waals surface area contributed by atoms with Crippen LogP contribution in [0.15, 0.2) is 10.9 Å². The molecule has 0 aromatic carbocycles. The summed E-state index contributed by atoms with van der Waals surface area (Å²) in [7, 11) is 0. The third kappa shape index (κ3) is 2.84. The molecule has 19 heavy (non-hydrogen) atoms. The maximum absolute atomic E-state index is 12.3. The summed E-state index contributed by atoms with van der Waals surface area (Å²) in [5.74, 6) is 0.105. The fourth-order valence-electron chi connectivity index (χ4n) is 1.85. The van der Waals surface area contributed by atoms with Gasteiger partial charge in [-0.1, -0.05) is 0 Å². The van der Waals surface area contributed by atoms with Gasteiger partial charge in [0.25, 0.3) is 5.56 Å².